The molecule has 1 aromatic carbocycles. The smallest absolute Gasteiger partial charge is 0.277 e. The molecule has 2 fully saturated rings. The van der Waals surface area contributed by atoms with E-state index in [0.717, 1.165) is 31.5 Å². The molecule has 3 rings (SSSR count). The largest absolute Gasteiger partial charge is 0.338 e. The van der Waals surface area contributed by atoms with Crippen molar-refractivity contribution in [3.05, 3.63) is 29.8 Å². The summed E-state index contributed by atoms with van der Waals surface area (Å²) in [6.45, 7) is 8.73. The quantitative estimate of drug-likeness (QED) is 0.794. The summed E-state index contributed by atoms with van der Waals surface area (Å²) < 4.78 is 27.4. The van der Waals surface area contributed by atoms with Crippen molar-refractivity contribution in [1.82, 2.24) is 9.21 Å². The fourth-order valence-corrected chi connectivity index (χ4v) is 5.48. The Bertz CT molecular complexity index is 746. The van der Waals surface area contributed by atoms with E-state index >= 15 is 0 Å². The van der Waals surface area contributed by atoms with E-state index in [1.807, 2.05) is 17.0 Å². The van der Waals surface area contributed by atoms with E-state index in [4.69, 9.17) is 0 Å². The van der Waals surface area contributed by atoms with Crippen LogP contribution < -0.4 is 4.90 Å². The molecule has 0 aromatic heterocycles. The number of rotatable bonds is 5. The van der Waals surface area contributed by atoms with Gasteiger partial charge < -0.3 is 9.80 Å². The number of nitrogens with zero attached hydrogens (tertiary/aromatic N) is 2. The minimum absolute atomic E-state index is 0.220. The highest BCUT2D eigenvalue weighted by atomic mass is 32.2. The van der Waals surface area contributed by atoms with Crippen molar-refractivity contribution >= 4 is 15.9 Å². The fourth-order valence-electron chi connectivity index (χ4n) is 4.04. The van der Waals surface area contributed by atoms with E-state index < -0.39 is 10.0 Å². The van der Waals surface area contributed by atoms with Gasteiger partial charge in [0, 0.05) is 13.1 Å². The topological polar surface area (TPSA) is 62.1 Å². The first kappa shape index (κ1) is 21.3. The van der Waals surface area contributed by atoms with Gasteiger partial charge in [-0.05, 0) is 36.5 Å². The Morgan fingerprint density at radius 1 is 0.964 bits per heavy atom. The summed E-state index contributed by atoms with van der Waals surface area (Å²) in [6, 6.07) is 7.23. The molecular weight excluding hydrogens is 374 g/mol. The van der Waals surface area contributed by atoms with Gasteiger partial charge in [-0.15, -0.1) is 0 Å². The van der Waals surface area contributed by atoms with Gasteiger partial charge in [0.15, 0.2) is 6.54 Å². The van der Waals surface area contributed by atoms with Crippen LogP contribution >= 0.6 is 0 Å². The van der Waals surface area contributed by atoms with Crippen LogP contribution in [0.4, 0.5) is 0 Å². The predicted octanol–water partition coefficient (Wildman–Crippen LogP) is 1.10. The molecule has 0 saturated carbocycles. The van der Waals surface area contributed by atoms with Crippen molar-refractivity contribution in [3.63, 3.8) is 0 Å². The van der Waals surface area contributed by atoms with E-state index in [-0.39, 0.29) is 5.91 Å². The highest BCUT2D eigenvalue weighted by Crippen LogP contribution is 2.20. The number of piperazine rings is 1. The minimum Gasteiger partial charge on any atom is -0.338 e. The monoisotopic (exact) mass is 408 g/mol. The van der Waals surface area contributed by atoms with Crippen molar-refractivity contribution in [2.24, 2.45) is 0 Å². The maximum atomic E-state index is 12.9. The van der Waals surface area contributed by atoms with Gasteiger partial charge in [-0.2, -0.15) is 4.31 Å². The number of sulfonamides is 1. The van der Waals surface area contributed by atoms with E-state index in [1.165, 1.54) is 17.7 Å². The Balaban J connectivity index is 1.54. The van der Waals surface area contributed by atoms with E-state index in [0.29, 0.717) is 43.5 Å². The number of benzene rings is 1. The van der Waals surface area contributed by atoms with Crippen LogP contribution in [0.3, 0.4) is 0 Å². The van der Waals surface area contributed by atoms with Crippen LogP contribution in [-0.4, -0.2) is 69.3 Å². The van der Waals surface area contributed by atoms with E-state index in [9.17, 15) is 13.2 Å². The molecule has 2 heterocycles. The number of carbonyl (C=O) groups excluding carboxylic acids is 1. The van der Waals surface area contributed by atoms with E-state index in [2.05, 4.69) is 13.8 Å². The first-order valence-electron chi connectivity index (χ1n) is 10.6. The van der Waals surface area contributed by atoms with Crippen molar-refractivity contribution < 1.29 is 18.1 Å². The molecule has 2 saturated heterocycles. The van der Waals surface area contributed by atoms with Gasteiger partial charge in [0.05, 0.1) is 31.1 Å². The third-order valence-electron chi connectivity index (χ3n) is 5.97. The second-order valence-electron chi connectivity index (χ2n) is 8.35. The second kappa shape index (κ2) is 9.37. The average molecular weight is 409 g/mol. The molecule has 1 amide bonds. The molecule has 0 atom stereocenters. The summed E-state index contributed by atoms with van der Waals surface area (Å²) >= 11 is 0. The number of likely N-dealkylation sites (tertiary alicyclic amines) is 1. The lowest BCUT2D eigenvalue weighted by Gasteiger charge is -2.32. The summed E-state index contributed by atoms with van der Waals surface area (Å²) in [6.07, 6.45) is 4.63. The van der Waals surface area contributed by atoms with Crippen molar-refractivity contribution in [2.75, 3.05) is 45.8 Å². The molecule has 6 nitrogen and oxygen atoms in total. The number of hydrogen-bond donors (Lipinski definition) is 1. The fraction of sp³-hybridized carbons (Fsp3) is 0.667. The lowest BCUT2D eigenvalue weighted by atomic mass is 10.0. The van der Waals surface area contributed by atoms with Crippen LogP contribution in [0.15, 0.2) is 29.2 Å². The first-order valence-corrected chi connectivity index (χ1v) is 12.0. The van der Waals surface area contributed by atoms with Crippen LogP contribution in [0.1, 0.15) is 51.0 Å². The summed E-state index contributed by atoms with van der Waals surface area (Å²) in [7, 11) is -3.46. The van der Waals surface area contributed by atoms with Gasteiger partial charge in [-0.25, -0.2) is 8.42 Å². The Morgan fingerprint density at radius 2 is 1.54 bits per heavy atom. The van der Waals surface area contributed by atoms with Gasteiger partial charge in [-0.1, -0.05) is 38.8 Å². The minimum atomic E-state index is -3.46. The number of quaternary nitrogens is 1. The Hall–Kier alpha value is -1.44. The Morgan fingerprint density at radius 3 is 2.07 bits per heavy atom. The molecule has 0 bridgehead atoms. The number of hydrogen-bond acceptors (Lipinski definition) is 3. The molecule has 1 N–H and O–H groups in total. The molecule has 7 heteroatoms. The molecule has 1 aromatic rings. The molecule has 2 aliphatic heterocycles. The highest BCUT2D eigenvalue weighted by Gasteiger charge is 2.32. The Kier molecular flexibility index (Phi) is 7.12. The van der Waals surface area contributed by atoms with Gasteiger partial charge in [0.25, 0.3) is 5.91 Å². The maximum Gasteiger partial charge on any atom is 0.277 e. The average Bonchev–Trinajstić information content (AvgIpc) is 2.98. The maximum absolute atomic E-state index is 12.9. The molecule has 0 unspecified atom stereocenters. The predicted molar refractivity (Wildman–Crippen MR) is 110 cm³/mol. The molecular formula is C21H34N3O3S+. The zero-order chi connectivity index (χ0) is 20.1. The van der Waals surface area contributed by atoms with E-state index in [1.54, 1.807) is 16.4 Å². The second-order valence-corrected chi connectivity index (χ2v) is 10.3. The molecule has 0 radical (unpaired) electrons. The van der Waals surface area contributed by atoms with Crippen molar-refractivity contribution in [3.8, 4) is 0 Å². The first-order chi connectivity index (χ1) is 13.4. The Labute approximate surface area is 169 Å². The normalized spacial score (nSPS) is 20.3. The van der Waals surface area contributed by atoms with Gasteiger partial charge in [0.1, 0.15) is 0 Å². The van der Waals surface area contributed by atoms with Crippen LogP contribution in [0.2, 0.25) is 0 Å². The lowest BCUT2D eigenvalue weighted by molar-refractivity contribution is -0.896. The van der Waals surface area contributed by atoms with Gasteiger partial charge in [-0.3, -0.25) is 4.79 Å². The molecule has 0 aliphatic carbocycles. The lowest BCUT2D eigenvalue weighted by Crippen LogP contribution is -3.15. The summed E-state index contributed by atoms with van der Waals surface area (Å²) in [5, 5.41) is 0. The van der Waals surface area contributed by atoms with Crippen LogP contribution in [0.5, 0.6) is 0 Å². The standard InChI is InChI=1S/C21H33N3O3S/c1-18(2)19-7-9-20(10-8-19)28(26,27)24-15-13-22(14-16-24)17-21(25)23-11-5-3-4-6-12-23/h7-10,18H,3-6,11-17H2,1-2H3/p+1. The molecule has 0 spiro atoms. The van der Waals surface area contributed by atoms with Crippen molar-refractivity contribution in [1.29, 1.82) is 0 Å². The summed E-state index contributed by atoms with van der Waals surface area (Å²) in [5.41, 5.74) is 1.14. The summed E-state index contributed by atoms with van der Waals surface area (Å²) in [5.74, 6) is 0.600. The van der Waals surface area contributed by atoms with Gasteiger partial charge >= 0.3 is 0 Å². The zero-order valence-corrected chi connectivity index (χ0v) is 18.0. The molecule has 2 aliphatic rings. The zero-order valence-electron chi connectivity index (χ0n) is 17.2. The third kappa shape index (κ3) is 5.13. The van der Waals surface area contributed by atoms with Crippen LogP contribution in [0.25, 0.3) is 0 Å². The number of amides is 1. The number of carbonyl (C=O) groups is 1. The molecule has 156 valence electrons. The number of nitrogens with one attached hydrogen (secondary N) is 1. The summed E-state index contributed by atoms with van der Waals surface area (Å²) in [4.78, 5) is 16.1. The van der Waals surface area contributed by atoms with Crippen LogP contribution in [0, 0.1) is 0 Å². The highest BCUT2D eigenvalue weighted by molar-refractivity contribution is 7.89. The van der Waals surface area contributed by atoms with Crippen molar-refractivity contribution in [2.45, 2.75) is 50.3 Å². The van der Waals surface area contributed by atoms with Crippen LogP contribution in [-0.2, 0) is 14.8 Å². The molecule has 28 heavy (non-hydrogen) atoms. The SMILES string of the molecule is CC(C)c1ccc(S(=O)(=O)N2CC[NH+](CC(=O)N3CCCCCC3)CC2)cc1. The van der Waals surface area contributed by atoms with Gasteiger partial charge in [0.2, 0.25) is 10.0 Å². The third-order valence-corrected chi connectivity index (χ3v) is 7.89.